The van der Waals surface area contributed by atoms with Gasteiger partial charge in [0.2, 0.25) is 5.65 Å². The third-order valence-electron chi connectivity index (χ3n) is 3.71. The standard InChI is InChI=1S/C15H18ClN5.CH4O3S/c1-4-13-18-19-15-14(20(5-2)6-3)17-11-9-10(16)7-8-12(11)21(13)15;1-5(2,3)4/h7-9H,4-6H2,1-3H3;1H3,(H,2,3,4). The van der Waals surface area contributed by atoms with Crippen molar-refractivity contribution in [3.8, 4) is 0 Å². The van der Waals surface area contributed by atoms with Crippen LogP contribution in [0.15, 0.2) is 18.2 Å². The predicted octanol–water partition coefficient (Wildman–Crippen LogP) is 2.84. The average Bonchev–Trinajstić information content (AvgIpc) is 2.98. The lowest BCUT2D eigenvalue weighted by molar-refractivity contribution is 0.490. The lowest BCUT2D eigenvalue weighted by atomic mass is 10.3. The van der Waals surface area contributed by atoms with Crippen molar-refractivity contribution < 1.29 is 13.0 Å². The summed E-state index contributed by atoms with van der Waals surface area (Å²) >= 11 is 6.12. The highest BCUT2D eigenvalue weighted by Gasteiger charge is 2.17. The number of anilines is 1. The van der Waals surface area contributed by atoms with Crippen molar-refractivity contribution in [1.82, 2.24) is 19.6 Å². The summed E-state index contributed by atoms with van der Waals surface area (Å²) in [5.74, 6) is 1.80. The van der Waals surface area contributed by atoms with Gasteiger partial charge in [-0.15, -0.1) is 10.2 Å². The monoisotopic (exact) mass is 399 g/mol. The summed E-state index contributed by atoms with van der Waals surface area (Å²) in [6.45, 7) is 8.05. The van der Waals surface area contributed by atoms with Gasteiger partial charge < -0.3 is 4.90 Å². The van der Waals surface area contributed by atoms with Crippen molar-refractivity contribution in [2.24, 2.45) is 0 Å². The Morgan fingerprint density at radius 3 is 2.35 bits per heavy atom. The van der Waals surface area contributed by atoms with Crippen LogP contribution in [0.2, 0.25) is 5.02 Å². The van der Waals surface area contributed by atoms with E-state index in [2.05, 4.69) is 40.3 Å². The van der Waals surface area contributed by atoms with Crippen LogP contribution in [0.5, 0.6) is 0 Å². The number of aryl methyl sites for hydroxylation is 1. The molecule has 1 N–H and O–H groups in total. The lowest BCUT2D eigenvalue weighted by Gasteiger charge is -2.20. The van der Waals surface area contributed by atoms with Gasteiger partial charge in [-0.3, -0.25) is 8.95 Å². The van der Waals surface area contributed by atoms with Crippen molar-refractivity contribution >= 4 is 44.2 Å². The van der Waals surface area contributed by atoms with E-state index in [1.165, 1.54) is 0 Å². The zero-order valence-corrected chi connectivity index (χ0v) is 16.7. The van der Waals surface area contributed by atoms with Gasteiger partial charge in [0.25, 0.3) is 10.1 Å². The molecule has 10 heteroatoms. The van der Waals surface area contributed by atoms with Crippen LogP contribution in [0.25, 0.3) is 16.7 Å². The number of nitrogens with zero attached hydrogens (tertiary/aromatic N) is 5. The van der Waals surface area contributed by atoms with Crippen LogP contribution < -0.4 is 4.90 Å². The van der Waals surface area contributed by atoms with Gasteiger partial charge in [-0.05, 0) is 32.0 Å². The van der Waals surface area contributed by atoms with E-state index in [1.54, 1.807) is 0 Å². The Morgan fingerprint density at radius 1 is 1.19 bits per heavy atom. The van der Waals surface area contributed by atoms with Crippen LogP contribution >= 0.6 is 11.6 Å². The average molecular weight is 400 g/mol. The summed E-state index contributed by atoms with van der Waals surface area (Å²) in [4.78, 5) is 6.96. The van der Waals surface area contributed by atoms with Crippen LogP contribution in [0.1, 0.15) is 26.6 Å². The minimum atomic E-state index is -3.67. The van der Waals surface area contributed by atoms with Gasteiger partial charge in [-0.25, -0.2) is 4.98 Å². The number of hydrogen-bond acceptors (Lipinski definition) is 6. The fourth-order valence-electron chi connectivity index (χ4n) is 2.62. The number of aromatic nitrogens is 4. The predicted molar refractivity (Wildman–Crippen MR) is 104 cm³/mol. The first-order valence-electron chi connectivity index (χ1n) is 8.20. The molecule has 3 aromatic rings. The number of hydrogen-bond donors (Lipinski definition) is 1. The number of rotatable bonds is 4. The minimum Gasteiger partial charge on any atom is -0.354 e. The quantitative estimate of drug-likeness (QED) is 0.673. The van der Waals surface area contributed by atoms with Crippen molar-refractivity contribution in [1.29, 1.82) is 0 Å². The molecule has 0 atom stereocenters. The Hall–Kier alpha value is -1.97. The van der Waals surface area contributed by atoms with Gasteiger partial charge in [0.05, 0.1) is 17.3 Å². The molecule has 142 valence electrons. The van der Waals surface area contributed by atoms with E-state index in [1.807, 2.05) is 18.2 Å². The lowest BCUT2D eigenvalue weighted by Crippen LogP contribution is -2.24. The first-order chi connectivity index (χ1) is 12.2. The Balaban J connectivity index is 0.000000431. The summed E-state index contributed by atoms with van der Waals surface area (Å²) in [6.07, 6.45) is 1.54. The molecule has 0 saturated heterocycles. The molecule has 0 spiro atoms. The van der Waals surface area contributed by atoms with Crippen molar-refractivity contribution in [3.05, 3.63) is 29.0 Å². The largest absolute Gasteiger partial charge is 0.354 e. The van der Waals surface area contributed by atoms with Crippen molar-refractivity contribution in [2.75, 3.05) is 24.2 Å². The molecule has 0 fully saturated rings. The molecule has 8 nitrogen and oxygen atoms in total. The van der Waals surface area contributed by atoms with Crippen LogP contribution in [0, 0.1) is 0 Å². The van der Waals surface area contributed by atoms with E-state index in [0.717, 1.165) is 47.8 Å². The van der Waals surface area contributed by atoms with Gasteiger partial charge in [0.15, 0.2) is 5.82 Å². The molecule has 3 rings (SSSR count). The molecule has 26 heavy (non-hydrogen) atoms. The first-order valence-corrected chi connectivity index (χ1v) is 10.4. The minimum absolute atomic E-state index is 0.686. The zero-order chi connectivity index (χ0) is 19.5. The molecule has 0 radical (unpaired) electrons. The molecule has 0 aliphatic heterocycles. The highest BCUT2D eigenvalue weighted by atomic mass is 35.5. The topological polar surface area (TPSA) is 101 Å². The van der Waals surface area contributed by atoms with Gasteiger partial charge in [-0.1, -0.05) is 18.5 Å². The van der Waals surface area contributed by atoms with Crippen LogP contribution in [0.3, 0.4) is 0 Å². The summed E-state index contributed by atoms with van der Waals surface area (Å²) < 4.78 is 28.0. The fraction of sp³-hybridized carbons (Fsp3) is 0.438. The third kappa shape index (κ3) is 4.60. The summed E-state index contributed by atoms with van der Waals surface area (Å²) in [5, 5.41) is 9.35. The molecule has 0 unspecified atom stereocenters. The molecule has 0 aliphatic rings. The van der Waals surface area contributed by atoms with E-state index in [0.29, 0.717) is 11.3 Å². The maximum atomic E-state index is 9.19. The second-order valence-corrected chi connectivity index (χ2v) is 7.51. The summed E-state index contributed by atoms with van der Waals surface area (Å²) in [6, 6.07) is 5.75. The normalized spacial score (nSPS) is 11.5. The van der Waals surface area contributed by atoms with E-state index in [9.17, 15) is 8.42 Å². The number of fused-ring (bicyclic) bond motifs is 3. The van der Waals surface area contributed by atoms with Crippen LogP contribution in [0.4, 0.5) is 5.82 Å². The molecule has 2 aromatic heterocycles. The Kier molecular flexibility index (Phi) is 6.38. The Bertz CT molecular complexity index is 1010. The van der Waals surface area contributed by atoms with E-state index in [4.69, 9.17) is 21.1 Å². The van der Waals surface area contributed by atoms with E-state index < -0.39 is 10.1 Å². The number of benzene rings is 1. The van der Waals surface area contributed by atoms with Gasteiger partial charge in [0.1, 0.15) is 5.82 Å². The molecule has 0 saturated carbocycles. The third-order valence-corrected chi connectivity index (χ3v) is 3.95. The highest BCUT2D eigenvalue weighted by Crippen LogP contribution is 2.26. The van der Waals surface area contributed by atoms with E-state index >= 15 is 0 Å². The van der Waals surface area contributed by atoms with Gasteiger partial charge in [-0.2, -0.15) is 8.42 Å². The first kappa shape index (κ1) is 20.3. The zero-order valence-electron chi connectivity index (χ0n) is 15.1. The molecular formula is C16H22ClN5O3S. The van der Waals surface area contributed by atoms with Crippen LogP contribution in [-0.2, 0) is 16.5 Å². The SMILES string of the molecule is CCc1nnc2c(N(CC)CC)nc3cc(Cl)ccc3n12.CS(=O)(=O)O. The highest BCUT2D eigenvalue weighted by molar-refractivity contribution is 7.85. The summed E-state index contributed by atoms with van der Waals surface area (Å²) in [7, 11) is -3.67. The number of halogens is 1. The van der Waals surface area contributed by atoms with Crippen molar-refractivity contribution in [2.45, 2.75) is 27.2 Å². The second-order valence-electron chi connectivity index (χ2n) is 5.60. The van der Waals surface area contributed by atoms with Gasteiger partial charge in [0, 0.05) is 24.5 Å². The second kappa shape index (κ2) is 8.15. The van der Waals surface area contributed by atoms with Gasteiger partial charge >= 0.3 is 0 Å². The molecule has 1 aromatic carbocycles. The maximum absolute atomic E-state index is 9.19. The van der Waals surface area contributed by atoms with E-state index in [-0.39, 0.29) is 0 Å². The fourth-order valence-corrected chi connectivity index (χ4v) is 2.78. The molecule has 0 bridgehead atoms. The van der Waals surface area contributed by atoms with Crippen LogP contribution in [-0.4, -0.2) is 51.9 Å². The maximum Gasteiger partial charge on any atom is 0.261 e. The Labute approximate surface area is 157 Å². The summed E-state index contributed by atoms with van der Waals surface area (Å²) in [5.41, 5.74) is 2.67. The molecule has 0 amide bonds. The molecule has 0 aliphatic carbocycles. The molecule has 2 heterocycles. The Morgan fingerprint density at radius 2 is 1.81 bits per heavy atom. The smallest absolute Gasteiger partial charge is 0.261 e. The van der Waals surface area contributed by atoms with Crippen molar-refractivity contribution in [3.63, 3.8) is 0 Å². The molecular weight excluding hydrogens is 378 g/mol.